The summed E-state index contributed by atoms with van der Waals surface area (Å²) in [5, 5.41) is 4.60. The first-order valence-electron chi connectivity index (χ1n) is 7.69. The number of fused-ring (bicyclic) bond motifs is 1. The Morgan fingerprint density at radius 1 is 1.35 bits per heavy atom. The molecular weight excluding hydrogens is 296 g/mol. The normalized spacial score (nSPS) is 20.0. The Bertz CT molecular complexity index is 823. The maximum Gasteiger partial charge on any atom is 0.331 e. The Kier molecular flexibility index (Phi) is 2.92. The van der Waals surface area contributed by atoms with Crippen molar-refractivity contribution in [3.63, 3.8) is 0 Å². The number of carbonyl (C=O) groups excluding carboxylic acids is 2. The van der Waals surface area contributed by atoms with Crippen molar-refractivity contribution in [2.24, 2.45) is 5.73 Å². The molecule has 0 spiro atoms. The molecule has 8 nitrogen and oxygen atoms in total. The second-order valence-electron chi connectivity index (χ2n) is 6.27. The molecule has 1 saturated carbocycles. The lowest BCUT2D eigenvalue weighted by molar-refractivity contribution is -0.123. The summed E-state index contributed by atoms with van der Waals surface area (Å²) in [6.07, 6.45) is 3.99. The lowest BCUT2D eigenvalue weighted by Crippen LogP contribution is -2.30. The molecule has 1 saturated heterocycles. The van der Waals surface area contributed by atoms with Gasteiger partial charge in [-0.2, -0.15) is 5.10 Å². The molecule has 1 unspecified atom stereocenters. The molecule has 4 rings (SSSR count). The second-order valence-corrected chi connectivity index (χ2v) is 6.27. The van der Waals surface area contributed by atoms with Gasteiger partial charge in [-0.3, -0.25) is 14.6 Å². The Hall–Kier alpha value is -2.48. The van der Waals surface area contributed by atoms with Crippen LogP contribution in [0, 0.1) is 0 Å². The van der Waals surface area contributed by atoms with Gasteiger partial charge in [0, 0.05) is 19.0 Å². The molecule has 1 aliphatic heterocycles. The van der Waals surface area contributed by atoms with E-state index >= 15 is 0 Å². The van der Waals surface area contributed by atoms with Crippen LogP contribution in [0.15, 0.2) is 12.3 Å². The van der Waals surface area contributed by atoms with E-state index in [1.165, 1.54) is 11.9 Å². The van der Waals surface area contributed by atoms with E-state index in [4.69, 9.17) is 5.73 Å². The standard InChI is InChI=1S/C15H18N6O2/c1-8(16)11-6-21-14(17-11)12(5-10(18-21)9-3-4-9)20-7-13(22)19(2)15(20)23/h5-6,8-9H,3-4,7,16H2,1-2H3. The second kappa shape index (κ2) is 4.76. The molecule has 23 heavy (non-hydrogen) atoms. The predicted octanol–water partition coefficient (Wildman–Crippen LogP) is 1.02. The van der Waals surface area contributed by atoms with Crippen LogP contribution in [0.1, 0.15) is 43.1 Å². The minimum absolute atomic E-state index is 0.0273. The van der Waals surface area contributed by atoms with Crippen LogP contribution >= 0.6 is 0 Å². The van der Waals surface area contributed by atoms with Crippen molar-refractivity contribution in [2.45, 2.75) is 31.7 Å². The van der Waals surface area contributed by atoms with E-state index in [9.17, 15) is 9.59 Å². The molecule has 0 radical (unpaired) electrons. The summed E-state index contributed by atoms with van der Waals surface area (Å²) >= 11 is 0. The molecule has 8 heteroatoms. The summed E-state index contributed by atoms with van der Waals surface area (Å²) < 4.78 is 1.68. The first-order chi connectivity index (χ1) is 11.0. The van der Waals surface area contributed by atoms with Crippen molar-refractivity contribution in [2.75, 3.05) is 18.5 Å². The first kappa shape index (κ1) is 14.1. The highest BCUT2D eigenvalue weighted by Gasteiger charge is 2.37. The van der Waals surface area contributed by atoms with Gasteiger partial charge >= 0.3 is 6.03 Å². The Morgan fingerprint density at radius 2 is 2.09 bits per heavy atom. The third-order valence-corrected chi connectivity index (χ3v) is 4.38. The van der Waals surface area contributed by atoms with Crippen LogP contribution < -0.4 is 10.6 Å². The SMILES string of the molecule is CC(N)c1cn2nc(C3CC3)cc(N3CC(=O)N(C)C3=O)c2n1. The van der Waals surface area contributed by atoms with Gasteiger partial charge in [0.05, 0.1) is 23.3 Å². The number of carbonyl (C=O) groups is 2. The van der Waals surface area contributed by atoms with Crippen molar-refractivity contribution in [3.05, 3.63) is 23.7 Å². The van der Waals surface area contributed by atoms with Crippen molar-refractivity contribution in [1.29, 1.82) is 0 Å². The highest BCUT2D eigenvalue weighted by atomic mass is 16.2. The van der Waals surface area contributed by atoms with E-state index in [1.54, 1.807) is 10.7 Å². The Balaban J connectivity index is 1.89. The van der Waals surface area contributed by atoms with E-state index in [-0.39, 0.29) is 24.5 Å². The molecule has 0 bridgehead atoms. The number of aromatic nitrogens is 3. The molecule has 0 aromatic carbocycles. The zero-order valence-electron chi connectivity index (χ0n) is 13.1. The quantitative estimate of drug-likeness (QED) is 0.853. The zero-order valence-corrected chi connectivity index (χ0v) is 13.1. The average molecular weight is 314 g/mol. The number of amides is 3. The monoisotopic (exact) mass is 314 g/mol. The fraction of sp³-hybridized carbons (Fsp3) is 0.467. The van der Waals surface area contributed by atoms with Gasteiger partial charge in [-0.05, 0) is 25.8 Å². The number of imidazole rings is 1. The van der Waals surface area contributed by atoms with E-state index in [2.05, 4.69) is 10.1 Å². The maximum atomic E-state index is 12.3. The average Bonchev–Trinajstić information content (AvgIpc) is 3.23. The predicted molar refractivity (Wildman–Crippen MR) is 83.1 cm³/mol. The summed E-state index contributed by atoms with van der Waals surface area (Å²) in [4.78, 5) is 31.3. The molecule has 2 aromatic rings. The fourth-order valence-electron chi connectivity index (χ4n) is 2.78. The molecule has 2 aliphatic rings. The first-order valence-corrected chi connectivity index (χ1v) is 7.69. The fourth-order valence-corrected chi connectivity index (χ4v) is 2.78. The molecule has 120 valence electrons. The summed E-state index contributed by atoms with van der Waals surface area (Å²) in [7, 11) is 1.49. The number of nitrogens with zero attached hydrogens (tertiary/aromatic N) is 5. The number of hydrogen-bond donors (Lipinski definition) is 1. The molecule has 2 fully saturated rings. The van der Waals surface area contributed by atoms with Crippen molar-refractivity contribution in [3.8, 4) is 0 Å². The number of urea groups is 1. The van der Waals surface area contributed by atoms with Crippen molar-refractivity contribution < 1.29 is 9.59 Å². The van der Waals surface area contributed by atoms with Crippen molar-refractivity contribution in [1.82, 2.24) is 19.5 Å². The van der Waals surface area contributed by atoms with Gasteiger partial charge in [-0.25, -0.2) is 14.3 Å². The van der Waals surface area contributed by atoms with Gasteiger partial charge in [0.2, 0.25) is 5.91 Å². The van der Waals surface area contributed by atoms with E-state index in [0.29, 0.717) is 22.9 Å². The van der Waals surface area contributed by atoms with Crippen molar-refractivity contribution >= 4 is 23.3 Å². The molecule has 1 atom stereocenters. The lowest BCUT2D eigenvalue weighted by Gasteiger charge is -2.16. The van der Waals surface area contributed by atoms with Gasteiger partial charge in [0.15, 0.2) is 5.65 Å². The third kappa shape index (κ3) is 2.17. The van der Waals surface area contributed by atoms with Crippen LogP contribution in [0.5, 0.6) is 0 Å². The largest absolute Gasteiger partial charge is 0.331 e. The summed E-state index contributed by atoms with van der Waals surface area (Å²) in [5.74, 6) is 0.197. The van der Waals surface area contributed by atoms with Crippen LogP contribution in [0.2, 0.25) is 0 Å². The van der Waals surface area contributed by atoms with E-state index < -0.39 is 0 Å². The molecule has 2 aromatic heterocycles. The van der Waals surface area contributed by atoms with Gasteiger partial charge in [0.25, 0.3) is 0 Å². The highest BCUT2D eigenvalue weighted by molar-refractivity contribution is 6.13. The number of anilines is 1. The van der Waals surface area contributed by atoms with Crippen LogP contribution in [-0.2, 0) is 4.79 Å². The molecule has 3 amide bonds. The number of rotatable bonds is 3. The summed E-state index contributed by atoms with van der Waals surface area (Å²) in [5.41, 5.74) is 8.73. The highest BCUT2D eigenvalue weighted by Crippen LogP contribution is 2.41. The van der Waals surface area contributed by atoms with Crippen LogP contribution in [0.25, 0.3) is 5.65 Å². The number of hydrogen-bond acceptors (Lipinski definition) is 5. The van der Waals surface area contributed by atoms with Crippen LogP contribution in [0.3, 0.4) is 0 Å². The van der Waals surface area contributed by atoms with Crippen LogP contribution in [-0.4, -0.2) is 45.0 Å². The number of nitrogens with two attached hydrogens (primary N) is 1. The van der Waals surface area contributed by atoms with Gasteiger partial charge in [-0.1, -0.05) is 0 Å². The van der Waals surface area contributed by atoms with Gasteiger partial charge < -0.3 is 5.73 Å². The Morgan fingerprint density at radius 3 is 2.65 bits per heavy atom. The van der Waals surface area contributed by atoms with Gasteiger partial charge in [-0.15, -0.1) is 0 Å². The van der Waals surface area contributed by atoms with Crippen LogP contribution in [0.4, 0.5) is 10.5 Å². The molecule has 1 aliphatic carbocycles. The minimum atomic E-state index is -0.338. The van der Waals surface area contributed by atoms with E-state index in [0.717, 1.165) is 23.4 Å². The smallest absolute Gasteiger partial charge is 0.323 e. The Labute approximate surface area is 132 Å². The maximum absolute atomic E-state index is 12.3. The number of likely N-dealkylation sites (N-methyl/N-ethyl adjacent to an activating group) is 1. The molecular formula is C15H18N6O2. The number of imide groups is 1. The van der Waals surface area contributed by atoms with Gasteiger partial charge in [0.1, 0.15) is 6.54 Å². The third-order valence-electron chi connectivity index (χ3n) is 4.38. The van der Waals surface area contributed by atoms with E-state index in [1.807, 2.05) is 13.0 Å². The minimum Gasteiger partial charge on any atom is -0.323 e. The topological polar surface area (TPSA) is 96.8 Å². The summed E-state index contributed by atoms with van der Waals surface area (Å²) in [6, 6.07) is 1.32. The molecule has 3 heterocycles. The molecule has 2 N–H and O–H groups in total. The zero-order chi connectivity index (χ0) is 16.3. The lowest BCUT2D eigenvalue weighted by atomic mass is 10.2. The summed E-state index contributed by atoms with van der Waals surface area (Å²) in [6.45, 7) is 1.88.